The number of pyridine rings is 5. The maximum atomic E-state index is 7.90. The predicted molar refractivity (Wildman–Crippen MR) is 445 cm³/mol. The summed E-state index contributed by atoms with van der Waals surface area (Å²) in [5.74, 6) is 0. The zero-order chi connectivity index (χ0) is 80.0. The number of benzene rings is 10. The minimum atomic E-state index is -2.16. The summed E-state index contributed by atoms with van der Waals surface area (Å²) in [6, 6.07) is 102. The van der Waals surface area contributed by atoms with Gasteiger partial charge in [-0.1, -0.05) is 241 Å². The number of rotatable bonds is 10. The van der Waals surface area contributed by atoms with E-state index < -0.39 is 13.7 Å². The van der Waals surface area contributed by atoms with Crippen LogP contribution in [0.1, 0.15) is 69.4 Å². The predicted octanol–water partition coefficient (Wildman–Crippen LogP) is 22.6. The molecule has 526 valence electrons. The Balaban J connectivity index is 0.000000139. The van der Waals surface area contributed by atoms with Crippen LogP contribution >= 0.6 is 0 Å². The summed E-state index contributed by atoms with van der Waals surface area (Å²) in [5, 5.41) is 0. The first kappa shape index (κ1) is 67.1. The van der Waals surface area contributed by atoms with Crippen molar-refractivity contribution in [2.75, 3.05) is 0 Å². The number of hydrogen-bond donors (Lipinski definition) is 0. The zero-order valence-electron chi connectivity index (χ0n) is 69.9. The number of aromatic nitrogens is 5. The maximum absolute atomic E-state index is 7.90. The van der Waals surface area contributed by atoms with Crippen LogP contribution in [0.2, 0.25) is 0 Å². The Morgan fingerprint density at radius 1 is 0.189 bits per heavy atom. The van der Waals surface area contributed by atoms with Crippen LogP contribution in [0.3, 0.4) is 0 Å². The van der Waals surface area contributed by atoms with Gasteiger partial charge in [-0.2, -0.15) is 0 Å². The third kappa shape index (κ3) is 18.5. The average Bonchev–Trinajstić information content (AvgIpc) is 0.772. The molecule has 0 aliphatic heterocycles. The van der Waals surface area contributed by atoms with Gasteiger partial charge in [0.15, 0.2) is 31.0 Å². The lowest BCUT2D eigenvalue weighted by atomic mass is 9.97. The Morgan fingerprint density at radius 2 is 0.462 bits per heavy atom. The summed E-state index contributed by atoms with van der Waals surface area (Å²) in [6.45, 7) is 14.9. The second kappa shape index (κ2) is 35.0. The van der Waals surface area contributed by atoms with Crippen LogP contribution in [0.4, 0.5) is 0 Å². The van der Waals surface area contributed by atoms with E-state index in [1.165, 1.54) is 106 Å². The van der Waals surface area contributed by atoms with Gasteiger partial charge >= 0.3 is 0 Å². The van der Waals surface area contributed by atoms with Crippen LogP contribution in [0.15, 0.2) is 328 Å². The van der Waals surface area contributed by atoms with Gasteiger partial charge in [0.25, 0.3) is 0 Å². The average molecular weight is 1390 g/mol. The van der Waals surface area contributed by atoms with Gasteiger partial charge in [-0.3, -0.25) is 0 Å². The molecule has 0 bridgehead atoms. The lowest BCUT2D eigenvalue weighted by Crippen LogP contribution is -2.31. The minimum absolute atomic E-state index is 0.369. The Hall–Kier alpha value is -12.1. The Labute approximate surface area is 640 Å². The third-order valence-corrected chi connectivity index (χ3v) is 19.6. The van der Waals surface area contributed by atoms with Crippen molar-refractivity contribution in [1.82, 2.24) is 0 Å². The number of nitrogens with zero attached hydrogens (tertiary/aromatic N) is 5. The van der Waals surface area contributed by atoms with Gasteiger partial charge in [-0.05, 0) is 190 Å². The van der Waals surface area contributed by atoms with E-state index >= 15 is 0 Å². The van der Waals surface area contributed by atoms with Crippen LogP contribution in [-0.4, -0.2) is 0 Å². The Morgan fingerprint density at radius 3 is 0.783 bits per heavy atom. The molecule has 0 N–H and O–H groups in total. The molecule has 5 nitrogen and oxygen atoms in total. The van der Waals surface area contributed by atoms with Crippen molar-refractivity contribution in [3.63, 3.8) is 0 Å². The van der Waals surface area contributed by atoms with Crippen LogP contribution in [0, 0.1) is 76.0 Å². The smallest absolute Gasteiger partial charge is 0.201 e. The highest BCUT2D eigenvalue weighted by Crippen LogP contribution is 2.34. The van der Waals surface area contributed by atoms with Crippen molar-refractivity contribution >= 4 is 0 Å². The normalized spacial score (nSPS) is 11.7. The van der Waals surface area contributed by atoms with Crippen molar-refractivity contribution in [3.05, 3.63) is 389 Å². The molecule has 0 saturated heterocycles. The summed E-state index contributed by atoms with van der Waals surface area (Å²) in [5.41, 5.74) is 35.5. The summed E-state index contributed by atoms with van der Waals surface area (Å²) in [4.78, 5) is 0. The molecular formula is C101H102N5+5. The summed E-state index contributed by atoms with van der Waals surface area (Å²) < 4.78 is 57.0. The van der Waals surface area contributed by atoms with E-state index in [-0.39, 0.29) is 0 Å². The summed E-state index contributed by atoms with van der Waals surface area (Å²) in [7, 11) is 10.2. The Bertz CT molecular complexity index is 5760. The highest BCUT2D eigenvalue weighted by atomic mass is 14.9. The molecule has 0 aliphatic carbocycles. The molecule has 0 fully saturated rings. The second-order valence-electron chi connectivity index (χ2n) is 27.8. The van der Waals surface area contributed by atoms with E-state index in [0.29, 0.717) is 11.1 Å². The lowest BCUT2D eigenvalue weighted by molar-refractivity contribution is -0.660. The van der Waals surface area contributed by atoms with Crippen molar-refractivity contribution in [2.24, 2.45) is 35.2 Å². The first-order valence-electron chi connectivity index (χ1n) is 39.3. The fraction of sp³-hybridized carbons (Fsp3) is 0.158. The molecule has 15 aromatic rings. The van der Waals surface area contributed by atoms with Gasteiger partial charge in [0.2, 0.25) is 28.5 Å². The van der Waals surface area contributed by atoms with E-state index in [1.807, 2.05) is 105 Å². The van der Waals surface area contributed by atoms with Gasteiger partial charge in [0, 0.05) is 95.2 Å². The number of hydrogen-bond acceptors (Lipinski definition) is 0. The van der Waals surface area contributed by atoms with Crippen molar-refractivity contribution in [2.45, 2.75) is 76.0 Å². The van der Waals surface area contributed by atoms with E-state index in [9.17, 15) is 0 Å². The van der Waals surface area contributed by atoms with Crippen molar-refractivity contribution < 1.29 is 31.1 Å². The molecule has 15 rings (SSSR count). The summed E-state index contributed by atoms with van der Waals surface area (Å²) >= 11 is 0. The first-order chi connectivity index (χ1) is 53.6. The maximum Gasteiger partial charge on any atom is 0.213 e. The standard InChI is InChI=1S/C21H22N.4C20H20N/c1-15-10-11-19(16(2)12-15)21-13-20(17(3)14-22(21)4)18-8-6-5-7-9-18;2*1-15-9-7-8-12-18(15)20-13-19(16(2)14-21(20)3)17-10-5-4-6-11-17;2*1-15-9-10-19(16(2)13-15)20-14-18(11-12-21(20)3)17-7-5-4-6-8-17/h5-14H,1-4H3;4*4-14H,1-3H3/q5*+1/i;2D3;;1D3;. The topological polar surface area (TPSA) is 19.4 Å². The first-order valence-corrected chi connectivity index (χ1v) is 36.3. The lowest BCUT2D eigenvalue weighted by Gasteiger charge is -2.10. The molecule has 0 aliphatic rings. The largest absolute Gasteiger partial charge is 0.213 e. The molecule has 106 heavy (non-hydrogen) atoms. The second-order valence-corrected chi connectivity index (χ2v) is 27.8. The monoisotopic (exact) mass is 1390 g/mol. The molecule has 0 atom stereocenters. The van der Waals surface area contributed by atoms with Crippen LogP contribution in [-0.2, 0) is 35.2 Å². The fourth-order valence-corrected chi connectivity index (χ4v) is 13.9. The highest BCUT2D eigenvalue weighted by Gasteiger charge is 2.21. The van der Waals surface area contributed by atoms with Crippen molar-refractivity contribution in [1.29, 1.82) is 0 Å². The molecule has 0 saturated carbocycles. The molecule has 0 unspecified atom stereocenters. The van der Waals surface area contributed by atoms with E-state index in [0.717, 1.165) is 55.9 Å². The molecule has 10 aromatic carbocycles. The molecule has 0 radical (unpaired) electrons. The van der Waals surface area contributed by atoms with E-state index in [2.05, 4.69) is 326 Å². The molecule has 5 heterocycles. The van der Waals surface area contributed by atoms with Gasteiger partial charge < -0.3 is 0 Å². The molecule has 0 spiro atoms. The van der Waals surface area contributed by atoms with Gasteiger partial charge in [-0.15, -0.1) is 0 Å². The van der Waals surface area contributed by atoms with Gasteiger partial charge in [0.1, 0.15) is 35.2 Å². The SMILES string of the molecule is Cc1c[n+](C)c(-c2ccccc2C)cc1-c1ccccc1.Cc1ccc(-c2cc(-c3ccccc3)c(C)c[n+]2C)c(C)c1.Cc1ccc(-c2cc(-c3ccccc3)cc[n+]2C)c(C)c1.[2H]C([2H])([2H])c1c[n+](C)c(-c2ccccc2C)cc1-c1ccccc1.[2H]C([2H])([2H])c1ccc(-c2cc(-c3ccccc3)cc[n+]2C)c(C)c1. The zero-order valence-corrected chi connectivity index (χ0v) is 63.9. The molecule has 5 aromatic heterocycles. The quantitative estimate of drug-likeness (QED) is 0.122. The third-order valence-electron chi connectivity index (χ3n) is 19.6. The molecule has 5 heteroatoms. The van der Waals surface area contributed by atoms with E-state index in [1.54, 1.807) is 18.3 Å². The van der Waals surface area contributed by atoms with Gasteiger partial charge in [0.05, 0.1) is 0 Å². The van der Waals surface area contributed by atoms with Crippen LogP contribution < -0.4 is 22.8 Å². The minimum Gasteiger partial charge on any atom is -0.201 e. The van der Waals surface area contributed by atoms with E-state index in [4.69, 9.17) is 8.22 Å². The summed E-state index contributed by atoms with van der Waals surface area (Å²) in [6.07, 6.45) is 10.3. The van der Waals surface area contributed by atoms with Crippen molar-refractivity contribution in [3.8, 4) is 112 Å². The van der Waals surface area contributed by atoms with Crippen LogP contribution in [0.5, 0.6) is 0 Å². The van der Waals surface area contributed by atoms with Crippen LogP contribution in [0.25, 0.3) is 112 Å². The molecule has 0 amide bonds. The molecular weight excluding hydrogens is 1280 g/mol. The van der Waals surface area contributed by atoms with Gasteiger partial charge in [-0.25, -0.2) is 22.8 Å². The highest BCUT2D eigenvalue weighted by molar-refractivity contribution is 5.77. The Kier molecular flexibility index (Phi) is 22.1. The fourth-order valence-electron chi connectivity index (χ4n) is 13.9. The number of aryl methyl sites for hydroxylation is 16.